The van der Waals surface area contributed by atoms with Crippen molar-refractivity contribution in [1.29, 1.82) is 0 Å². The first kappa shape index (κ1) is 20.4. The molecule has 5 nitrogen and oxygen atoms in total. The molecule has 4 rings (SSSR count). The van der Waals surface area contributed by atoms with Crippen molar-refractivity contribution in [2.75, 3.05) is 26.2 Å². The van der Waals surface area contributed by atoms with E-state index in [0.717, 1.165) is 18.4 Å². The maximum Gasteiger partial charge on any atom is 0.244 e. The number of piperazine rings is 1. The molecule has 7 heteroatoms. The maximum atomic E-state index is 12.9. The van der Waals surface area contributed by atoms with Crippen LogP contribution in [-0.4, -0.2) is 49.7 Å². The van der Waals surface area contributed by atoms with E-state index >= 15 is 0 Å². The second kappa shape index (κ2) is 8.46. The maximum absolute atomic E-state index is 12.9. The molecule has 1 heterocycles. The highest BCUT2D eigenvalue weighted by atomic mass is 35.5. The molecule has 0 unspecified atom stereocenters. The highest BCUT2D eigenvalue weighted by molar-refractivity contribution is 7.89. The van der Waals surface area contributed by atoms with Crippen molar-refractivity contribution < 1.29 is 13.2 Å². The smallest absolute Gasteiger partial charge is 0.244 e. The molecule has 1 saturated heterocycles. The van der Waals surface area contributed by atoms with Crippen molar-refractivity contribution in [3.8, 4) is 0 Å². The van der Waals surface area contributed by atoms with Gasteiger partial charge in [0.25, 0.3) is 0 Å². The van der Waals surface area contributed by atoms with Gasteiger partial charge in [-0.25, -0.2) is 8.42 Å². The molecular formula is C22H25ClN2O3S. The zero-order chi connectivity index (χ0) is 20.4. The molecule has 2 aromatic rings. The van der Waals surface area contributed by atoms with E-state index in [1.807, 2.05) is 0 Å². The molecule has 1 aliphatic carbocycles. The zero-order valence-corrected chi connectivity index (χ0v) is 17.9. The topological polar surface area (TPSA) is 57.7 Å². The number of amides is 1. The Hall–Kier alpha value is -1.89. The fourth-order valence-corrected chi connectivity index (χ4v) is 6.07. The average Bonchev–Trinajstić information content (AvgIpc) is 2.74. The number of carbonyl (C=O) groups is 1. The van der Waals surface area contributed by atoms with Crippen LogP contribution < -0.4 is 0 Å². The molecule has 0 radical (unpaired) electrons. The number of fused-ring (bicyclic) bond motifs is 1. The number of sulfonamides is 1. The third-order valence-electron chi connectivity index (χ3n) is 5.81. The van der Waals surface area contributed by atoms with Crippen LogP contribution in [0.2, 0.25) is 5.02 Å². The Balaban J connectivity index is 1.38. The Morgan fingerprint density at radius 2 is 1.62 bits per heavy atom. The van der Waals surface area contributed by atoms with Crippen molar-refractivity contribution in [1.82, 2.24) is 9.21 Å². The van der Waals surface area contributed by atoms with Gasteiger partial charge in [0.2, 0.25) is 15.9 Å². The molecule has 1 aliphatic heterocycles. The average molecular weight is 433 g/mol. The second-order valence-electron chi connectivity index (χ2n) is 7.70. The van der Waals surface area contributed by atoms with Crippen LogP contribution in [0.1, 0.15) is 29.5 Å². The van der Waals surface area contributed by atoms with Crippen LogP contribution in [0, 0.1) is 0 Å². The minimum Gasteiger partial charge on any atom is -0.340 e. The minimum atomic E-state index is -3.65. The lowest BCUT2D eigenvalue weighted by molar-refractivity contribution is -0.131. The van der Waals surface area contributed by atoms with E-state index < -0.39 is 10.0 Å². The standard InChI is InChI=1S/C22H25ClN2O3S/c23-20-7-3-4-8-21(20)29(27,28)25-13-11-24(12-14-25)22(26)16-17-9-10-18-5-1-2-6-19(18)15-17/h3-4,7-10,15H,1-2,5-6,11-14,16H2. The zero-order valence-electron chi connectivity index (χ0n) is 16.3. The van der Waals surface area contributed by atoms with Crippen molar-refractivity contribution in [2.24, 2.45) is 0 Å². The Kier molecular flexibility index (Phi) is 5.95. The van der Waals surface area contributed by atoms with E-state index in [1.54, 1.807) is 23.1 Å². The summed E-state index contributed by atoms with van der Waals surface area (Å²) in [4.78, 5) is 14.6. The SMILES string of the molecule is O=C(Cc1ccc2c(c1)CCCC2)N1CCN(S(=O)(=O)c2ccccc2Cl)CC1. The number of nitrogens with zero attached hydrogens (tertiary/aromatic N) is 2. The molecule has 0 saturated carbocycles. The van der Waals surface area contributed by atoms with Crippen molar-refractivity contribution in [3.63, 3.8) is 0 Å². The van der Waals surface area contributed by atoms with Crippen molar-refractivity contribution in [3.05, 3.63) is 64.2 Å². The number of hydrogen-bond donors (Lipinski definition) is 0. The van der Waals surface area contributed by atoms with E-state index in [9.17, 15) is 13.2 Å². The Morgan fingerprint density at radius 1 is 0.931 bits per heavy atom. The van der Waals surface area contributed by atoms with Gasteiger partial charge in [-0.3, -0.25) is 4.79 Å². The largest absolute Gasteiger partial charge is 0.340 e. The van der Waals surface area contributed by atoms with Gasteiger partial charge in [-0.15, -0.1) is 0 Å². The minimum absolute atomic E-state index is 0.0514. The number of rotatable bonds is 4. The summed E-state index contributed by atoms with van der Waals surface area (Å²) in [5.74, 6) is 0.0514. The van der Waals surface area contributed by atoms with Gasteiger partial charge < -0.3 is 4.90 Å². The van der Waals surface area contributed by atoms with Crippen LogP contribution in [0.15, 0.2) is 47.4 Å². The van der Waals surface area contributed by atoms with E-state index in [4.69, 9.17) is 11.6 Å². The van der Waals surface area contributed by atoms with Gasteiger partial charge in [0.05, 0.1) is 11.4 Å². The molecule has 29 heavy (non-hydrogen) atoms. The molecule has 0 aromatic heterocycles. The summed E-state index contributed by atoms with van der Waals surface area (Å²) in [5, 5.41) is 0.221. The second-order valence-corrected chi connectivity index (χ2v) is 10.0. The first-order valence-corrected chi connectivity index (χ1v) is 11.9. The van der Waals surface area contributed by atoms with Crippen LogP contribution in [-0.2, 0) is 34.1 Å². The third-order valence-corrected chi connectivity index (χ3v) is 8.21. The fourth-order valence-electron chi connectivity index (χ4n) is 4.15. The molecule has 154 valence electrons. The lowest BCUT2D eigenvalue weighted by Gasteiger charge is -2.34. The van der Waals surface area contributed by atoms with Crippen molar-refractivity contribution in [2.45, 2.75) is 37.0 Å². The van der Waals surface area contributed by atoms with E-state index in [-0.39, 0.29) is 28.9 Å². The summed E-state index contributed by atoms with van der Waals surface area (Å²) in [6.07, 6.45) is 5.05. The third kappa shape index (κ3) is 4.34. The van der Waals surface area contributed by atoms with Gasteiger partial charge in [0.15, 0.2) is 0 Å². The number of hydrogen-bond acceptors (Lipinski definition) is 3. The summed E-state index contributed by atoms with van der Waals surface area (Å²) in [6, 6.07) is 12.9. The number of aryl methyl sites for hydroxylation is 2. The summed E-state index contributed by atoms with van der Waals surface area (Å²) < 4.78 is 27.1. The van der Waals surface area contributed by atoms with Gasteiger partial charge >= 0.3 is 0 Å². The van der Waals surface area contributed by atoms with Gasteiger partial charge in [0, 0.05) is 26.2 Å². The molecule has 0 bridgehead atoms. The predicted molar refractivity (Wildman–Crippen MR) is 114 cm³/mol. The van der Waals surface area contributed by atoms with Crippen LogP contribution in [0.4, 0.5) is 0 Å². The van der Waals surface area contributed by atoms with Crippen molar-refractivity contribution >= 4 is 27.5 Å². The van der Waals surface area contributed by atoms with Crippen LogP contribution in [0.5, 0.6) is 0 Å². The van der Waals surface area contributed by atoms with E-state index in [1.165, 1.54) is 34.3 Å². The normalized spacial score (nSPS) is 17.8. The molecule has 0 spiro atoms. The Morgan fingerprint density at radius 3 is 2.34 bits per heavy atom. The molecule has 1 fully saturated rings. The van der Waals surface area contributed by atoms with Crippen LogP contribution in [0.3, 0.4) is 0 Å². The number of benzene rings is 2. The molecule has 1 amide bonds. The summed E-state index contributed by atoms with van der Waals surface area (Å²) in [7, 11) is -3.65. The monoisotopic (exact) mass is 432 g/mol. The predicted octanol–water partition coefficient (Wildman–Crippen LogP) is 3.29. The van der Waals surface area contributed by atoms with Gasteiger partial charge in [-0.2, -0.15) is 4.31 Å². The fraction of sp³-hybridized carbons (Fsp3) is 0.409. The molecule has 0 atom stereocenters. The quantitative estimate of drug-likeness (QED) is 0.744. The first-order valence-electron chi connectivity index (χ1n) is 10.1. The van der Waals surface area contributed by atoms with Gasteiger partial charge in [0.1, 0.15) is 4.90 Å². The van der Waals surface area contributed by atoms with E-state index in [0.29, 0.717) is 19.5 Å². The lowest BCUT2D eigenvalue weighted by Crippen LogP contribution is -2.50. The highest BCUT2D eigenvalue weighted by Crippen LogP contribution is 2.26. The lowest BCUT2D eigenvalue weighted by atomic mass is 9.90. The Labute approximate surface area is 177 Å². The Bertz CT molecular complexity index is 1010. The number of halogens is 1. The van der Waals surface area contributed by atoms with E-state index in [2.05, 4.69) is 18.2 Å². The molecule has 0 N–H and O–H groups in total. The summed E-state index contributed by atoms with van der Waals surface area (Å²) in [6.45, 7) is 1.36. The molecular weight excluding hydrogens is 408 g/mol. The summed E-state index contributed by atoms with van der Waals surface area (Å²) in [5.41, 5.74) is 3.82. The van der Waals surface area contributed by atoms with Gasteiger partial charge in [-0.1, -0.05) is 41.9 Å². The highest BCUT2D eigenvalue weighted by Gasteiger charge is 2.31. The van der Waals surface area contributed by atoms with Gasteiger partial charge in [-0.05, 0) is 54.5 Å². The molecule has 2 aliphatic rings. The van der Waals surface area contributed by atoms with Crippen LogP contribution >= 0.6 is 11.6 Å². The van der Waals surface area contributed by atoms with Crippen LogP contribution in [0.25, 0.3) is 0 Å². The summed E-state index contributed by atoms with van der Waals surface area (Å²) >= 11 is 6.08. The molecule has 2 aromatic carbocycles. The number of carbonyl (C=O) groups excluding carboxylic acids is 1. The first-order chi connectivity index (χ1) is 13.9.